The van der Waals surface area contributed by atoms with Gasteiger partial charge in [-0.3, -0.25) is 9.59 Å². The first-order chi connectivity index (χ1) is 13.6. The van der Waals surface area contributed by atoms with Crippen LogP contribution in [-0.2, 0) is 29.0 Å². The summed E-state index contributed by atoms with van der Waals surface area (Å²) in [7, 11) is 1.60. The molecule has 1 fully saturated rings. The maximum absolute atomic E-state index is 13.0. The summed E-state index contributed by atoms with van der Waals surface area (Å²) < 4.78 is 5.33. The highest BCUT2D eigenvalue weighted by Gasteiger charge is 2.56. The van der Waals surface area contributed by atoms with Gasteiger partial charge in [0.25, 0.3) is 0 Å². The number of rotatable bonds is 8. The molecule has 0 aliphatic heterocycles. The number of para-hydroxylation sites is 2. The Kier molecular flexibility index (Phi) is 6.02. The Morgan fingerprint density at radius 2 is 1.54 bits per heavy atom. The van der Waals surface area contributed by atoms with Crippen LogP contribution in [0.15, 0.2) is 42.5 Å². The smallest absolute Gasteiger partial charge is 0.240 e. The van der Waals surface area contributed by atoms with Gasteiger partial charge >= 0.3 is 0 Å². The minimum Gasteiger partial charge on any atom is -0.496 e. The third-order valence-electron chi connectivity index (χ3n) is 5.49. The number of hydrogen-bond acceptors (Lipinski definition) is 3. The normalized spacial score (nSPS) is 14.2. The summed E-state index contributed by atoms with van der Waals surface area (Å²) in [5.41, 5.74) is 2.98. The quantitative estimate of drug-likeness (QED) is 0.684. The van der Waals surface area contributed by atoms with Crippen LogP contribution < -0.4 is 15.4 Å². The number of ether oxygens (including phenoxy) is 1. The van der Waals surface area contributed by atoms with Gasteiger partial charge in [0, 0.05) is 17.8 Å². The van der Waals surface area contributed by atoms with Crippen LogP contribution in [0.25, 0.3) is 0 Å². The van der Waals surface area contributed by atoms with Crippen molar-refractivity contribution in [2.75, 3.05) is 12.4 Å². The van der Waals surface area contributed by atoms with E-state index >= 15 is 0 Å². The molecule has 0 unspecified atom stereocenters. The van der Waals surface area contributed by atoms with Crippen molar-refractivity contribution in [3.63, 3.8) is 0 Å². The van der Waals surface area contributed by atoms with Crippen molar-refractivity contribution in [3.05, 3.63) is 59.2 Å². The lowest BCUT2D eigenvalue weighted by molar-refractivity contribution is -0.134. The second-order valence-corrected chi connectivity index (χ2v) is 7.19. The number of carbonyl (C=O) groups excluding carboxylic acids is 2. The van der Waals surface area contributed by atoms with Crippen molar-refractivity contribution in [2.24, 2.45) is 5.41 Å². The van der Waals surface area contributed by atoms with E-state index in [-0.39, 0.29) is 11.8 Å². The van der Waals surface area contributed by atoms with Crippen molar-refractivity contribution in [3.8, 4) is 5.75 Å². The molecule has 0 aromatic heterocycles. The maximum Gasteiger partial charge on any atom is 0.240 e. The van der Waals surface area contributed by atoms with E-state index in [1.807, 2.05) is 42.5 Å². The molecule has 0 radical (unpaired) electrons. The van der Waals surface area contributed by atoms with Crippen molar-refractivity contribution in [2.45, 2.75) is 46.1 Å². The van der Waals surface area contributed by atoms with Crippen molar-refractivity contribution in [1.82, 2.24) is 5.32 Å². The van der Waals surface area contributed by atoms with Crippen LogP contribution >= 0.6 is 0 Å². The van der Waals surface area contributed by atoms with Gasteiger partial charge in [0.05, 0.1) is 7.11 Å². The topological polar surface area (TPSA) is 67.4 Å². The van der Waals surface area contributed by atoms with E-state index in [1.165, 1.54) is 0 Å². The molecule has 2 N–H and O–H groups in total. The zero-order valence-electron chi connectivity index (χ0n) is 16.8. The first-order valence-corrected chi connectivity index (χ1v) is 9.88. The number of amides is 2. The Morgan fingerprint density at radius 3 is 2.11 bits per heavy atom. The summed E-state index contributed by atoms with van der Waals surface area (Å²) in [4.78, 5) is 25.8. The Hall–Kier alpha value is -2.82. The maximum atomic E-state index is 13.0. The van der Waals surface area contributed by atoms with Crippen molar-refractivity contribution < 1.29 is 14.3 Å². The summed E-state index contributed by atoms with van der Waals surface area (Å²) in [6, 6.07) is 13.6. The van der Waals surface area contributed by atoms with Crippen molar-refractivity contribution >= 4 is 17.5 Å². The fourth-order valence-electron chi connectivity index (χ4n) is 3.51. The molecule has 28 heavy (non-hydrogen) atoms. The molecule has 2 amide bonds. The Morgan fingerprint density at radius 1 is 0.929 bits per heavy atom. The molecule has 2 aromatic carbocycles. The fourth-order valence-corrected chi connectivity index (χ4v) is 3.51. The molecular formula is C23H28N2O3. The van der Waals surface area contributed by atoms with E-state index in [0.717, 1.165) is 41.0 Å². The van der Waals surface area contributed by atoms with Gasteiger partial charge in [-0.05, 0) is 42.9 Å². The monoisotopic (exact) mass is 380 g/mol. The molecule has 0 atom stereocenters. The highest BCUT2D eigenvalue weighted by molar-refractivity contribution is 6.13. The van der Waals surface area contributed by atoms with E-state index in [0.29, 0.717) is 19.4 Å². The highest BCUT2D eigenvalue weighted by Crippen LogP contribution is 2.47. The van der Waals surface area contributed by atoms with E-state index in [4.69, 9.17) is 4.74 Å². The van der Waals surface area contributed by atoms with Gasteiger partial charge in [-0.1, -0.05) is 50.2 Å². The van der Waals surface area contributed by atoms with E-state index in [9.17, 15) is 9.59 Å². The lowest BCUT2D eigenvalue weighted by atomic mass is 10.0. The van der Waals surface area contributed by atoms with Gasteiger partial charge in [-0.15, -0.1) is 0 Å². The molecule has 1 aliphatic rings. The largest absolute Gasteiger partial charge is 0.496 e. The van der Waals surface area contributed by atoms with Crippen LogP contribution in [0.3, 0.4) is 0 Å². The number of aryl methyl sites for hydroxylation is 2. The molecule has 2 aromatic rings. The standard InChI is InChI=1S/C23H28N2O3/c1-4-16-10-8-11-17(5-2)20(16)25-22(27)23(13-14-23)21(26)24-15-18-9-6-7-12-19(18)28-3/h6-12H,4-5,13-15H2,1-3H3,(H,24,26)(H,25,27). The predicted octanol–water partition coefficient (Wildman–Crippen LogP) is 3.86. The molecule has 0 spiro atoms. The Bertz CT molecular complexity index is 850. The van der Waals surface area contributed by atoms with E-state index in [1.54, 1.807) is 7.11 Å². The highest BCUT2D eigenvalue weighted by atomic mass is 16.5. The summed E-state index contributed by atoms with van der Waals surface area (Å²) in [6.45, 7) is 4.47. The third-order valence-corrected chi connectivity index (χ3v) is 5.49. The molecule has 5 heteroatoms. The minimum absolute atomic E-state index is 0.208. The van der Waals surface area contributed by atoms with Crippen molar-refractivity contribution in [1.29, 1.82) is 0 Å². The van der Waals surface area contributed by atoms with Crippen LogP contribution in [0.4, 0.5) is 5.69 Å². The molecule has 0 saturated heterocycles. The summed E-state index contributed by atoms with van der Waals surface area (Å²) >= 11 is 0. The predicted molar refractivity (Wildman–Crippen MR) is 110 cm³/mol. The number of hydrogen-bond donors (Lipinski definition) is 2. The summed E-state index contributed by atoms with van der Waals surface area (Å²) in [5.74, 6) is 0.296. The number of nitrogens with one attached hydrogen (secondary N) is 2. The van der Waals surface area contributed by atoms with Gasteiger partial charge in [0.15, 0.2) is 0 Å². The summed E-state index contributed by atoms with van der Waals surface area (Å²) in [6.07, 6.45) is 2.81. The molecule has 0 heterocycles. The number of anilines is 1. The lowest BCUT2D eigenvalue weighted by Gasteiger charge is -2.19. The van der Waals surface area contributed by atoms with Crippen LogP contribution in [0.5, 0.6) is 5.75 Å². The van der Waals surface area contributed by atoms with Gasteiger partial charge in [-0.25, -0.2) is 0 Å². The molecule has 1 saturated carbocycles. The van der Waals surface area contributed by atoms with Crippen LogP contribution in [-0.4, -0.2) is 18.9 Å². The van der Waals surface area contributed by atoms with Crippen LogP contribution in [0.1, 0.15) is 43.4 Å². The second-order valence-electron chi connectivity index (χ2n) is 7.19. The molecule has 148 valence electrons. The lowest BCUT2D eigenvalue weighted by Crippen LogP contribution is -2.40. The first kappa shape index (κ1) is 19.9. The summed E-state index contributed by atoms with van der Waals surface area (Å²) in [5, 5.41) is 5.98. The van der Waals surface area contributed by atoms with E-state index < -0.39 is 5.41 Å². The number of methoxy groups -OCH3 is 1. The molecule has 3 rings (SSSR count). The molecular weight excluding hydrogens is 352 g/mol. The van der Waals surface area contributed by atoms with Gasteiger partial charge in [-0.2, -0.15) is 0 Å². The Balaban J connectivity index is 1.71. The van der Waals surface area contributed by atoms with Gasteiger partial charge in [0.2, 0.25) is 11.8 Å². The average Bonchev–Trinajstić information content (AvgIpc) is 3.54. The van der Waals surface area contributed by atoms with E-state index in [2.05, 4.69) is 24.5 Å². The van der Waals surface area contributed by atoms with Crippen LogP contribution in [0, 0.1) is 5.41 Å². The Labute approximate surface area is 166 Å². The SMILES string of the molecule is CCc1cccc(CC)c1NC(=O)C1(C(=O)NCc2ccccc2OC)CC1. The fraction of sp³-hybridized carbons (Fsp3) is 0.391. The second kappa shape index (κ2) is 8.46. The molecule has 0 bridgehead atoms. The molecule has 1 aliphatic carbocycles. The van der Waals surface area contributed by atoms with Gasteiger partial charge < -0.3 is 15.4 Å². The van der Waals surface area contributed by atoms with Crippen LogP contribution in [0.2, 0.25) is 0 Å². The zero-order valence-corrected chi connectivity index (χ0v) is 16.8. The zero-order chi connectivity index (χ0) is 20.1. The number of benzene rings is 2. The first-order valence-electron chi connectivity index (χ1n) is 9.88. The number of carbonyl (C=O) groups is 2. The average molecular weight is 380 g/mol. The minimum atomic E-state index is -0.964. The third kappa shape index (κ3) is 3.88. The molecule has 5 nitrogen and oxygen atoms in total. The van der Waals surface area contributed by atoms with Gasteiger partial charge in [0.1, 0.15) is 11.2 Å².